The van der Waals surface area contributed by atoms with Crippen molar-refractivity contribution in [2.24, 2.45) is 0 Å². The van der Waals surface area contributed by atoms with Gasteiger partial charge in [0.2, 0.25) is 0 Å². The third kappa shape index (κ3) is 6.61. The molecule has 0 rings (SSSR count). The molecule has 0 aromatic heterocycles. The zero-order valence-corrected chi connectivity index (χ0v) is 18.9. The first-order chi connectivity index (χ1) is 10.4. The quantitative estimate of drug-likeness (QED) is 0.530. The molecule has 0 heterocycles. The molecular weight excluding hydrogens is 328 g/mol. The lowest BCUT2D eigenvalue weighted by atomic mass is 10.5. The summed E-state index contributed by atoms with van der Waals surface area (Å²) < 4.78 is 22.3. The molecule has 130 valence electrons. The van der Waals surface area contributed by atoms with Crippen molar-refractivity contribution in [2.75, 3.05) is 28.4 Å². The van der Waals surface area contributed by atoms with Crippen molar-refractivity contribution in [3.63, 3.8) is 0 Å². The third-order valence-corrected chi connectivity index (χ3v) is 12.4. The Bertz CT molecular complexity index is 334. The van der Waals surface area contributed by atoms with E-state index in [0.29, 0.717) is 0 Å². The van der Waals surface area contributed by atoms with Crippen molar-refractivity contribution in [3.8, 4) is 0 Å². The summed E-state index contributed by atoms with van der Waals surface area (Å²) in [5, 5.41) is 2.72. The Kier molecular flexibility index (Phi) is 11.5. The minimum atomic E-state index is -1.70. The zero-order chi connectivity index (χ0) is 17.2. The van der Waals surface area contributed by atoms with Crippen LogP contribution in [0.2, 0.25) is 12.6 Å². The highest BCUT2D eigenvalue weighted by Crippen LogP contribution is 2.22. The van der Waals surface area contributed by atoms with Crippen LogP contribution in [0.1, 0.15) is 33.6 Å². The Morgan fingerprint density at radius 1 is 0.773 bits per heavy atom. The maximum Gasteiger partial charge on any atom is 0.350 e. The van der Waals surface area contributed by atoms with Crippen LogP contribution in [0, 0.1) is 0 Å². The average molecular weight is 363 g/mol. The fourth-order valence-electron chi connectivity index (χ4n) is 2.56. The molecular formula is C15H34O4Si3. The molecule has 0 amide bonds. The van der Waals surface area contributed by atoms with Crippen LogP contribution in [0.15, 0.2) is 21.8 Å². The maximum atomic E-state index is 5.57. The van der Waals surface area contributed by atoms with E-state index in [2.05, 4.69) is 38.7 Å². The Labute approximate surface area is 141 Å². The highest BCUT2D eigenvalue weighted by molar-refractivity contribution is 6.89. The SMILES string of the molecule is CCC(=C[Si](C)(C=C(CC)[SiH](OC)OC)CC)[SiH](OC)OC. The van der Waals surface area contributed by atoms with E-state index in [0.717, 1.165) is 18.9 Å². The minimum absolute atomic E-state index is 0.992. The van der Waals surface area contributed by atoms with E-state index in [1.807, 2.05) is 0 Å². The van der Waals surface area contributed by atoms with Gasteiger partial charge in [0.25, 0.3) is 0 Å². The molecule has 0 aromatic carbocycles. The molecule has 7 heteroatoms. The summed E-state index contributed by atoms with van der Waals surface area (Å²) in [7, 11) is 1.95. The van der Waals surface area contributed by atoms with Crippen LogP contribution in [0.3, 0.4) is 0 Å². The van der Waals surface area contributed by atoms with Crippen molar-refractivity contribution < 1.29 is 17.7 Å². The van der Waals surface area contributed by atoms with E-state index in [9.17, 15) is 0 Å². The molecule has 0 unspecified atom stereocenters. The second kappa shape index (κ2) is 11.5. The first kappa shape index (κ1) is 22.0. The summed E-state index contributed by atoms with van der Waals surface area (Å²) in [5.74, 6) is 0. The Hall–Kier alpha value is -0.0294. The topological polar surface area (TPSA) is 36.9 Å². The molecule has 0 atom stereocenters. The van der Waals surface area contributed by atoms with Gasteiger partial charge < -0.3 is 17.7 Å². The number of hydrogen-bond acceptors (Lipinski definition) is 4. The van der Waals surface area contributed by atoms with Gasteiger partial charge in [0.05, 0.1) is 8.07 Å². The van der Waals surface area contributed by atoms with Gasteiger partial charge in [-0.25, -0.2) is 0 Å². The van der Waals surface area contributed by atoms with E-state index in [1.54, 1.807) is 28.4 Å². The molecule has 0 aliphatic rings. The van der Waals surface area contributed by atoms with Crippen LogP contribution in [-0.2, 0) is 17.7 Å². The van der Waals surface area contributed by atoms with E-state index >= 15 is 0 Å². The van der Waals surface area contributed by atoms with Crippen LogP contribution >= 0.6 is 0 Å². The Morgan fingerprint density at radius 3 is 1.27 bits per heavy atom. The summed E-state index contributed by atoms with van der Waals surface area (Å²) in [5.41, 5.74) is 4.95. The van der Waals surface area contributed by atoms with E-state index in [1.165, 1.54) is 10.4 Å². The van der Waals surface area contributed by atoms with Crippen molar-refractivity contribution in [3.05, 3.63) is 21.8 Å². The number of allylic oxidation sites excluding steroid dienone is 2. The maximum absolute atomic E-state index is 5.57. The Balaban J connectivity index is 5.64. The second-order valence-electron chi connectivity index (χ2n) is 5.61. The minimum Gasteiger partial charge on any atom is -0.397 e. The highest BCUT2D eigenvalue weighted by Gasteiger charge is 2.27. The fourth-order valence-corrected chi connectivity index (χ4v) is 10.8. The molecule has 0 aliphatic carbocycles. The number of rotatable bonds is 11. The predicted molar refractivity (Wildman–Crippen MR) is 101 cm³/mol. The van der Waals surface area contributed by atoms with Crippen LogP contribution in [0.4, 0.5) is 0 Å². The van der Waals surface area contributed by atoms with Crippen molar-refractivity contribution in [1.82, 2.24) is 0 Å². The predicted octanol–water partition coefficient (Wildman–Crippen LogP) is 2.94. The summed E-state index contributed by atoms with van der Waals surface area (Å²) in [6, 6.07) is 1.16. The molecule has 0 spiro atoms. The van der Waals surface area contributed by atoms with Gasteiger partial charge in [-0.1, -0.05) is 44.8 Å². The first-order valence-corrected chi connectivity index (χ1v) is 13.9. The van der Waals surface area contributed by atoms with Crippen LogP contribution < -0.4 is 0 Å². The van der Waals surface area contributed by atoms with Gasteiger partial charge in [-0.05, 0) is 23.2 Å². The number of hydrogen-bond donors (Lipinski definition) is 0. The normalized spacial score (nSPS) is 16.5. The van der Waals surface area contributed by atoms with E-state index in [-0.39, 0.29) is 0 Å². The zero-order valence-electron chi connectivity index (χ0n) is 15.6. The van der Waals surface area contributed by atoms with Gasteiger partial charge in [-0.15, -0.1) is 0 Å². The lowest BCUT2D eigenvalue weighted by molar-refractivity contribution is 0.286. The molecule has 4 nitrogen and oxygen atoms in total. The molecule has 0 aliphatic heterocycles. The van der Waals surface area contributed by atoms with Gasteiger partial charge in [0, 0.05) is 28.4 Å². The summed E-state index contributed by atoms with van der Waals surface area (Å²) >= 11 is 0. The third-order valence-electron chi connectivity index (χ3n) is 4.07. The molecule has 0 fully saturated rings. The molecule has 0 saturated heterocycles. The first-order valence-electron chi connectivity index (χ1n) is 7.99. The van der Waals surface area contributed by atoms with Crippen molar-refractivity contribution in [2.45, 2.75) is 46.2 Å². The lowest BCUT2D eigenvalue weighted by Crippen LogP contribution is -2.32. The molecule has 0 bridgehead atoms. The fraction of sp³-hybridized carbons (Fsp3) is 0.733. The van der Waals surface area contributed by atoms with Gasteiger partial charge in [-0.2, -0.15) is 0 Å². The summed E-state index contributed by atoms with van der Waals surface area (Å²) in [6.45, 7) is 9.03. The van der Waals surface area contributed by atoms with Crippen LogP contribution in [-0.4, -0.2) is 55.1 Å². The summed E-state index contributed by atoms with van der Waals surface area (Å²) in [6.07, 6.45) is 1.98. The van der Waals surface area contributed by atoms with Gasteiger partial charge >= 0.3 is 18.6 Å². The molecule has 0 N–H and O–H groups in total. The largest absolute Gasteiger partial charge is 0.397 e. The van der Waals surface area contributed by atoms with Crippen molar-refractivity contribution in [1.29, 1.82) is 0 Å². The van der Waals surface area contributed by atoms with Crippen LogP contribution in [0.25, 0.3) is 0 Å². The summed E-state index contributed by atoms with van der Waals surface area (Å²) in [4.78, 5) is 0. The standard InChI is InChI=1S/C15H34O4Si3/c1-9-14(20(16-4)17-5)12-22(8,11-3)13-15(10-2)21(18-6)19-7/h12-13,20-21H,9-11H2,1-8H3. The second-order valence-corrected chi connectivity index (χ2v) is 14.6. The van der Waals surface area contributed by atoms with Crippen LogP contribution in [0.5, 0.6) is 0 Å². The van der Waals surface area contributed by atoms with Gasteiger partial charge in [-0.3, -0.25) is 0 Å². The molecule has 0 aromatic rings. The van der Waals surface area contributed by atoms with E-state index in [4.69, 9.17) is 17.7 Å². The molecule has 0 radical (unpaired) electrons. The van der Waals surface area contributed by atoms with Gasteiger partial charge in [0.1, 0.15) is 0 Å². The smallest absolute Gasteiger partial charge is 0.350 e. The van der Waals surface area contributed by atoms with Gasteiger partial charge in [0.15, 0.2) is 0 Å². The van der Waals surface area contributed by atoms with Crippen molar-refractivity contribution >= 4 is 26.6 Å². The Morgan fingerprint density at radius 2 is 1.09 bits per heavy atom. The van der Waals surface area contributed by atoms with E-state index < -0.39 is 26.6 Å². The molecule has 0 saturated carbocycles. The molecule has 22 heavy (non-hydrogen) atoms. The highest BCUT2D eigenvalue weighted by atomic mass is 28.3. The monoisotopic (exact) mass is 362 g/mol. The lowest BCUT2D eigenvalue weighted by Gasteiger charge is -2.25. The average Bonchev–Trinajstić information content (AvgIpc) is 2.54.